The fourth-order valence-electron chi connectivity index (χ4n) is 0.826. The van der Waals surface area contributed by atoms with E-state index < -0.39 is 0 Å². The van der Waals surface area contributed by atoms with E-state index in [0.717, 1.165) is 15.3 Å². The molecule has 13 heavy (non-hydrogen) atoms. The lowest BCUT2D eigenvalue weighted by Gasteiger charge is -1.93. The maximum absolute atomic E-state index is 5.64. The van der Waals surface area contributed by atoms with Gasteiger partial charge in [-0.2, -0.15) is 0 Å². The minimum Gasteiger partial charge on any atom is -0.227 e. The number of nitrogens with zero attached hydrogens (tertiary/aromatic N) is 3. The molecule has 0 aliphatic carbocycles. The van der Waals surface area contributed by atoms with Crippen molar-refractivity contribution >= 4 is 38.9 Å². The average molecular weight is 277 g/mol. The second-order valence-corrected chi connectivity index (χ2v) is 4.19. The van der Waals surface area contributed by atoms with E-state index in [0.29, 0.717) is 0 Å². The van der Waals surface area contributed by atoms with Gasteiger partial charge in [0.05, 0.1) is 0 Å². The van der Waals surface area contributed by atoms with Crippen LogP contribution < -0.4 is 0 Å². The molecule has 6 heteroatoms. The molecule has 2 aromatic rings. The Morgan fingerprint density at radius 3 is 2.85 bits per heavy atom. The average Bonchev–Trinajstić information content (AvgIpc) is 2.52. The van der Waals surface area contributed by atoms with E-state index in [1.54, 1.807) is 12.3 Å². The predicted molar refractivity (Wildman–Crippen MR) is 55.9 cm³/mol. The highest BCUT2D eigenvalue weighted by Gasteiger charge is 2.04. The van der Waals surface area contributed by atoms with Crippen LogP contribution in [0.4, 0.5) is 0 Å². The van der Waals surface area contributed by atoms with Crippen LogP contribution in [0.1, 0.15) is 0 Å². The molecule has 0 aliphatic rings. The van der Waals surface area contributed by atoms with E-state index in [-0.39, 0.29) is 5.28 Å². The van der Waals surface area contributed by atoms with Crippen LogP contribution in [0.25, 0.3) is 10.7 Å². The fraction of sp³-hybridized carbons (Fsp3) is 0. The monoisotopic (exact) mass is 275 g/mol. The van der Waals surface area contributed by atoms with E-state index in [1.807, 2.05) is 5.38 Å². The molecule has 0 saturated heterocycles. The SMILES string of the molecule is Clc1nccc(-c2nc(Br)cs2)n1. The van der Waals surface area contributed by atoms with Crippen LogP contribution in [-0.4, -0.2) is 15.0 Å². The molecule has 0 aliphatic heterocycles. The van der Waals surface area contributed by atoms with Gasteiger partial charge < -0.3 is 0 Å². The molecule has 0 bridgehead atoms. The summed E-state index contributed by atoms with van der Waals surface area (Å²) in [6.45, 7) is 0. The normalized spacial score (nSPS) is 10.3. The molecule has 2 heterocycles. The first-order valence-corrected chi connectivity index (χ1v) is 5.41. The van der Waals surface area contributed by atoms with Crippen LogP contribution in [0, 0.1) is 0 Å². The lowest BCUT2D eigenvalue weighted by molar-refractivity contribution is 1.16. The van der Waals surface area contributed by atoms with Crippen molar-refractivity contribution in [2.24, 2.45) is 0 Å². The molecular formula is C7H3BrClN3S. The third kappa shape index (κ3) is 2.04. The molecule has 3 nitrogen and oxygen atoms in total. The van der Waals surface area contributed by atoms with Crippen LogP contribution in [0.2, 0.25) is 5.28 Å². The number of rotatable bonds is 1. The first kappa shape index (κ1) is 9.05. The van der Waals surface area contributed by atoms with Gasteiger partial charge in [-0.15, -0.1) is 11.3 Å². The van der Waals surface area contributed by atoms with E-state index in [9.17, 15) is 0 Å². The highest BCUT2D eigenvalue weighted by molar-refractivity contribution is 9.10. The van der Waals surface area contributed by atoms with Crippen LogP contribution in [-0.2, 0) is 0 Å². The molecule has 0 saturated carbocycles. The lowest BCUT2D eigenvalue weighted by Crippen LogP contribution is -1.85. The van der Waals surface area contributed by atoms with Crippen molar-refractivity contribution in [3.8, 4) is 10.7 Å². The maximum atomic E-state index is 5.64. The molecule has 0 amide bonds. The molecule has 2 aromatic heterocycles. The minimum atomic E-state index is 0.240. The van der Waals surface area contributed by atoms with Gasteiger partial charge in [-0.25, -0.2) is 15.0 Å². The molecule has 0 spiro atoms. The third-order valence-electron chi connectivity index (χ3n) is 1.32. The molecule has 0 radical (unpaired) electrons. The topological polar surface area (TPSA) is 38.7 Å². The van der Waals surface area contributed by atoms with Gasteiger partial charge in [-0.3, -0.25) is 0 Å². The second kappa shape index (κ2) is 3.69. The van der Waals surface area contributed by atoms with Crippen LogP contribution >= 0.6 is 38.9 Å². The van der Waals surface area contributed by atoms with Crippen molar-refractivity contribution in [1.29, 1.82) is 0 Å². The van der Waals surface area contributed by atoms with Gasteiger partial charge in [-0.05, 0) is 33.6 Å². The zero-order chi connectivity index (χ0) is 9.26. The van der Waals surface area contributed by atoms with Gasteiger partial charge in [0.25, 0.3) is 0 Å². The van der Waals surface area contributed by atoms with E-state index >= 15 is 0 Å². The first-order valence-electron chi connectivity index (χ1n) is 3.35. The van der Waals surface area contributed by atoms with Crippen molar-refractivity contribution in [2.45, 2.75) is 0 Å². The Balaban J connectivity index is 2.46. The van der Waals surface area contributed by atoms with Gasteiger partial charge in [0.2, 0.25) is 5.28 Å². The minimum absolute atomic E-state index is 0.240. The van der Waals surface area contributed by atoms with Crippen molar-refractivity contribution in [2.75, 3.05) is 0 Å². The Labute approximate surface area is 92.0 Å². The van der Waals surface area contributed by atoms with Gasteiger partial charge >= 0.3 is 0 Å². The molecule has 66 valence electrons. The smallest absolute Gasteiger partial charge is 0.222 e. The second-order valence-electron chi connectivity index (χ2n) is 2.19. The Hall–Kier alpha value is -0.520. The standard InChI is InChI=1S/C7H3BrClN3S/c8-5-3-13-6(12-5)4-1-2-10-7(9)11-4/h1-3H. The van der Waals surface area contributed by atoms with Crippen LogP contribution in [0.5, 0.6) is 0 Å². The highest BCUT2D eigenvalue weighted by atomic mass is 79.9. The van der Waals surface area contributed by atoms with E-state index in [2.05, 4.69) is 30.9 Å². The van der Waals surface area contributed by atoms with Gasteiger partial charge in [0, 0.05) is 11.6 Å². The van der Waals surface area contributed by atoms with Gasteiger partial charge in [0.1, 0.15) is 15.3 Å². The summed E-state index contributed by atoms with van der Waals surface area (Å²) in [5, 5.41) is 2.96. The summed E-state index contributed by atoms with van der Waals surface area (Å²) < 4.78 is 0.808. The van der Waals surface area contributed by atoms with E-state index in [1.165, 1.54) is 11.3 Å². The summed E-state index contributed by atoms with van der Waals surface area (Å²) in [5.74, 6) is 0. The predicted octanol–water partition coefficient (Wildman–Crippen LogP) is 3.02. The summed E-state index contributed by atoms with van der Waals surface area (Å²) >= 11 is 10.4. The number of halogens is 2. The Bertz CT molecular complexity index is 431. The van der Waals surface area contributed by atoms with Crippen molar-refractivity contribution in [3.63, 3.8) is 0 Å². The Morgan fingerprint density at radius 1 is 1.38 bits per heavy atom. The summed E-state index contributed by atoms with van der Waals surface area (Å²) in [6.07, 6.45) is 1.61. The van der Waals surface area contributed by atoms with Gasteiger partial charge in [0.15, 0.2) is 0 Å². The first-order chi connectivity index (χ1) is 6.25. The molecule has 0 unspecified atom stereocenters. The number of hydrogen-bond donors (Lipinski definition) is 0. The maximum Gasteiger partial charge on any atom is 0.222 e. The number of thiazole rings is 1. The summed E-state index contributed by atoms with van der Waals surface area (Å²) in [7, 11) is 0. The van der Waals surface area contributed by atoms with Gasteiger partial charge in [-0.1, -0.05) is 0 Å². The summed E-state index contributed by atoms with van der Waals surface area (Å²) in [5.41, 5.74) is 0.746. The summed E-state index contributed by atoms with van der Waals surface area (Å²) in [6, 6.07) is 1.77. The van der Waals surface area contributed by atoms with Crippen molar-refractivity contribution in [1.82, 2.24) is 15.0 Å². The highest BCUT2D eigenvalue weighted by Crippen LogP contribution is 2.24. The molecule has 0 N–H and O–H groups in total. The number of hydrogen-bond acceptors (Lipinski definition) is 4. The molecule has 0 fully saturated rings. The molecule has 2 rings (SSSR count). The molecule has 0 atom stereocenters. The quantitative estimate of drug-likeness (QED) is 0.752. The van der Waals surface area contributed by atoms with Crippen LogP contribution in [0.15, 0.2) is 22.2 Å². The van der Waals surface area contributed by atoms with Crippen LogP contribution in [0.3, 0.4) is 0 Å². The zero-order valence-electron chi connectivity index (χ0n) is 6.24. The Kier molecular flexibility index (Phi) is 2.57. The van der Waals surface area contributed by atoms with Crippen molar-refractivity contribution in [3.05, 3.63) is 27.5 Å². The largest absolute Gasteiger partial charge is 0.227 e. The lowest BCUT2D eigenvalue weighted by atomic mass is 10.4. The van der Waals surface area contributed by atoms with E-state index in [4.69, 9.17) is 11.6 Å². The summed E-state index contributed by atoms with van der Waals surface area (Å²) in [4.78, 5) is 12.0. The molecular weight excluding hydrogens is 274 g/mol. The molecule has 0 aromatic carbocycles. The van der Waals surface area contributed by atoms with Crippen molar-refractivity contribution < 1.29 is 0 Å². The number of aromatic nitrogens is 3. The third-order valence-corrected chi connectivity index (χ3v) is 3.08. The Morgan fingerprint density at radius 2 is 2.23 bits per heavy atom. The zero-order valence-corrected chi connectivity index (χ0v) is 9.40. The fourth-order valence-corrected chi connectivity index (χ4v) is 2.20.